The van der Waals surface area contributed by atoms with Gasteiger partial charge in [0.1, 0.15) is 0 Å². The van der Waals surface area contributed by atoms with Gasteiger partial charge in [-0.3, -0.25) is 9.59 Å². The zero-order valence-corrected chi connectivity index (χ0v) is 20.0. The maximum Gasteiger partial charge on any atom is 0.317 e. The quantitative estimate of drug-likeness (QED) is 0.272. The number of alkyl halides is 1. The number of aryl methyl sites for hydroxylation is 1. The Kier molecular flexibility index (Phi) is 8.33. The first-order valence-corrected chi connectivity index (χ1v) is 11.8. The monoisotopic (exact) mass is 503 g/mol. The van der Waals surface area contributed by atoms with Crippen molar-refractivity contribution >= 4 is 39.9 Å². The molecule has 2 aliphatic heterocycles. The summed E-state index contributed by atoms with van der Waals surface area (Å²) in [6, 6.07) is -0.0395. The summed E-state index contributed by atoms with van der Waals surface area (Å²) in [6.45, 7) is 6.28. The lowest BCUT2D eigenvalue weighted by atomic mass is 10.1. The van der Waals surface area contributed by atoms with Crippen molar-refractivity contribution in [3.8, 4) is 0 Å². The Morgan fingerprint density at radius 2 is 2.16 bits per heavy atom. The SMILES string of the molecule is Cc1[nH]c(/C=C2/C=C/C(Br)C/C=C/NC2=O)c(C)c1C(=O)NCCCN1CCCNC1=O. The number of aromatic amines is 1. The molecule has 0 bridgehead atoms. The number of carbonyl (C=O) groups is 3. The minimum Gasteiger partial charge on any atom is -0.358 e. The fraction of sp³-hybridized carbons (Fsp3) is 0.435. The second-order valence-corrected chi connectivity index (χ2v) is 9.11. The first-order chi connectivity index (χ1) is 15.4. The summed E-state index contributed by atoms with van der Waals surface area (Å²) in [4.78, 5) is 42.2. The lowest BCUT2D eigenvalue weighted by Crippen LogP contribution is -2.47. The molecule has 9 heteroatoms. The van der Waals surface area contributed by atoms with Crippen molar-refractivity contribution in [3.05, 3.63) is 52.5 Å². The molecule has 0 radical (unpaired) electrons. The molecule has 1 unspecified atom stereocenters. The number of halogens is 1. The van der Waals surface area contributed by atoms with Gasteiger partial charge in [0.05, 0.1) is 5.56 Å². The average Bonchev–Trinajstić information content (AvgIpc) is 3.08. The largest absolute Gasteiger partial charge is 0.358 e. The van der Waals surface area contributed by atoms with Crippen LogP contribution in [-0.2, 0) is 4.79 Å². The van der Waals surface area contributed by atoms with Crippen LogP contribution in [0, 0.1) is 13.8 Å². The van der Waals surface area contributed by atoms with Crippen LogP contribution in [0.2, 0.25) is 0 Å². The molecule has 3 rings (SSSR count). The van der Waals surface area contributed by atoms with Crippen LogP contribution in [0.1, 0.15) is 46.6 Å². The van der Waals surface area contributed by atoms with Gasteiger partial charge in [0, 0.05) is 54.2 Å². The molecule has 32 heavy (non-hydrogen) atoms. The molecule has 2 aliphatic rings. The lowest BCUT2D eigenvalue weighted by molar-refractivity contribution is -0.116. The van der Waals surface area contributed by atoms with Gasteiger partial charge in [-0.2, -0.15) is 0 Å². The Morgan fingerprint density at radius 1 is 1.34 bits per heavy atom. The molecule has 0 aromatic carbocycles. The Labute approximate surface area is 196 Å². The summed E-state index contributed by atoms with van der Waals surface area (Å²) in [7, 11) is 0. The number of rotatable bonds is 6. The van der Waals surface area contributed by atoms with Crippen molar-refractivity contribution in [2.75, 3.05) is 26.2 Å². The van der Waals surface area contributed by atoms with E-state index in [-0.39, 0.29) is 22.7 Å². The van der Waals surface area contributed by atoms with Gasteiger partial charge in [-0.25, -0.2) is 4.79 Å². The van der Waals surface area contributed by atoms with E-state index in [9.17, 15) is 14.4 Å². The molecule has 3 heterocycles. The molecule has 172 valence electrons. The van der Waals surface area contributed by atoms with Crippen LogP contribution in [0.5, 0.6) is 0 Å². The Bertz CT molecular complexity index is 963. The van der Waals surface area contributed by atoms with E-state index in [1.165, 1.54) is 0 Å². The summed E-state index contributed by atoms with van der Waals surface area (Å²) in [5.74, 6) is -0.375. The maximum atomic E-state index is 12.8. The van der Waals surface area contributed by atoms with Gasteiger partial charge in [0.15, 0.2) is 0 Å². The zero-order valence-electron chi connectivity index (χ0n) is 18.5. The number of amides is 4. The summed E-state index contributed by atoms with van der Waals surface area (Å²) in [5.41, 5.74) is 3.33. The predicted molar refractivity (Wildman–Crippen MR) is 129 cm³/mol. The topological polar surface area (TPSA) is 106 Å². The Balaban J connectivity index is 1.66. The molecule has 1 fully saturated rings. The molecular weight excluding hydrogens is 474 g/mol. The average molecular weight is 504 g/mol. The van der Waals surface area contributed by atoms with Crippen LogP contribution >= 0.6 is 15.9 Å². The first-order valence-electron chi connectivity index (χ1n) is 10.9. The van der Waals surface area contributed by atoms with Crippen LogP contribution in [0.25, 0.3) is 6.08 Å². The van der Waals surface area contributed by atoms with E-state index >= 15 is 0 Å². The summed E-state index contributed by atoms with van der Waals surface area (Å²) in [6.07, 6.45) is 11.4. The fourth-order valence-electron chi connectivity index (χ4n) is 3.76. The number of urea groups is 1. The lowest BCUT2D eigenvalue weighted by Gasteiger charge is -2.27. The molecule has 1 aromatic rings. The van der Waals surface area contributed by atoms with Crippen LogP contribution in [0.4, 0.5) is 4.79 Å². The molecule has 4 N–H and O–H groups in total. The highest BCUT2D eigenvalue weighted by Gasteiger charge is 2.19. The number of H-pyrrole nitrogens is 1. The Morgan fingerprint density at radius 3 is 2.94 bits per heavy atom. The predicted octanol–water partition coefficient (Wildman–Crippen LogP) is 2.90. The third-order valence-corrected chi connectivity index (χ3v) is 6.18. The summed E-state index contributed by atoms with van der Waals surface area (Å²) < 4.78 is 0. The van der Waals surface area contributed by atoms with Gasteiger partial charge in [-0.05, 0) is 44.7 Å². The number of allylic oxidation sites excluding steroid dienone is 2. The molecule has 8 nitrogen and oxygen atoms in total. The van der Waals surface area contributed by atoms with E-state index in [0.29, 0.717) is 30.6 Å². The minimum atomic E-state index is -0.210. The number of hydrogen-bond donors (Lipinski definition) is 4. The summed E-state index contributed by atoms with van der Waals surface area (Å²) >= 11 is 3.56. The van der Waals surface area contributed by atoms with Crippen molar-refractivity contribution in [2.45, 2.75) is 37.9 Å². The molecule has 1 atom stereocenters. The van der Waals surface area contributed by atoms with E-state index in [2.05, 4.69) is 36.9 Å². The molecule has 0 aliphatic carbocycles. The van der Waals surface area contributed by atoms with Crippen molar-refractivity contribution in [1.82, 2.24) is 25.8 Å². The van der Waals surface area contributed by atoms with Crippen LogP contribution in [-0.4, -0.2) is 58.7 Å². The smallest absolute Gasteiger partial charge is 0.317 e. The number of aromatic nitrogens is 1. The Hall–Kier alpha value is -2.81. The number of hydrogen-bond acceptors (Lipinski definition) is 3. The maximum absolute atomic E-state index is 12.8. The minimum absolute atomic E-state index is 0.0395. The highest BCUT2D eigenvalue weighted by molar-refractivity contribution is 9.09. The first kappa shape index (κ1) is 23.8. The van der Waals surface area contributed by atoms with Gasteiger partial charge >= 0.3 is 6.03 Å². The summed E-state index contributed by atoms with van der Waals surface area (Å²) in [5, 5.41) is 8.53. The van der Waals surface area contributed by atoms with E-state index in [1.54, 1.807) is 23.3 Å². The van der Waals surface area contributed by atoms with Gasteiger partial charge in [-0.15, -0.1) is 0 Å². The van der Waals surface area contributed by atoms with Crippen molar-refractivity contribution < 1.29 is 14.4 Å². The number of carbonyl (C=O) groups excluding carboxylic acids is 3. The zero-order chi connectivity index (χ0) is 23.1. The third kappa shape index (κ3) is 6.12. The molecule has 4 amide bonds. The highest BCUT2D eigenvalue weighted by atomic mass is 79.9. The van der Waals surface area contributed by atoms with Gasteiger partial charge < -0.3 is 25.8 Å². The van der Waals surface area contributed by atoms with Crippen LogP contribution in [0.15, 0.2) is 30.0 Å². The van der Waals surface area contributed by atoms with E-state index < -0.39 is 0 Å². The standard InChI is InChI=1S/C23H30BrN5O3/c1-15-19(14-17-7-8-18(24)6-3-9-25-21(17)30)28-16(2)20(15)22(31)26-10-4-12-29-13-5-11-27-23(29)32/h3,7-9,14,18,28H,4-6,10-13H2,1-2H3,(H,25,30)(H,26,31)(H,27,32)/b8-7+,9-3+,17-14-. The van der Waals surface area contributed by atoms with E-state index in [1.807, 2.05) is 26.0 Å². The molecule has 1 aromatic heterocycles. The van der Waals surface area contributed by atoms with Crippen LogP contribution < -0.4 is 16.0 Å². The van der Waals surface area contributed by atoms with Crippen LogP contribution in [0.3, 0.4) is 0 Å². The molecular formula is C23H30BrN5O3. The normalized spacial score (nSPS) is 22.4. The molecule has 0 saturated carbocycles. The highest BCUT2D eigenvalue weighted by Crippen LogP contribution is 2.21. The second-order valence-electron chi connectivity index (χ2n) is 7.93. The van der Waals surface area contributed by atoms with Crippen molar-refractivity contribution in [3.63, 3.8) is 0 Å². The fourth-order valence-corrected chi connectivity index (χ4v) is 4.13. The van der Waals surface area contributed by atoms with Gasteiger partial charge in [0.2, 0.25) is 0 Å². The van der Waals surface area contributed by atoms with E-state index in [0.717, 1.165) is 42.9 Å². The number of nitrogens with zero attached hydrogens (tertiary/aromatic N) is 1. The third-order valence-electron chi connectivity index (χ3n) is 5.50. The molecule has 1 saturated heterocycles. The van der Waals surface area contributed by atoms with Gasteiger partial charge in [0.25, 0.3) is 11.8 Å². The van der Waals surface area contributed by atoms with Gasteiger partial charge in [-0.1, -0.05) is 34.2 Å². The second kappa shape index (κ2) is 11.2. The molecule has 0 spiro atoms. The van der Waals surface area contributed by atoms with E-state index in [4.69, 9.17) is 0 Å². The van der Waals surface area contributed by atoms with Crippen molar-refractivity contribution in [2.24, 2.45) is 0 Å². The number of nitrogens with one attached hydrogen (secondary N) is 4. The van der Waals surface area contributed by atoms with Crippen molar-refractivity contribution in [1.29, 1.82) is 0 Å².